The van der Waals surface area contributed by atoms with Crippen LogP contribution in [-0.4, -0.2) is 42.6 Å². The maximum Gasteiger partial charge on any atom is 0.275 e. The van der Waals surface area contributed by atoms with E-state index in [9.17, 15) is 18.0 Å². The van der Waals surface area contributed by atoms with E-state index in [1.165, 1.54) is 0 Å². The minimum absolute atomic E-state index is 0.0139. The zero-order valence-electron chi connectivity index (χ0n) is 16.4. The van der Waals surface area contributed by atoms with Gasteiger partial charge in [0.2, 0.25) is 10.0 Å². The lowest BCUT2D eigenvalue weighted by atomic mass is 9.83. The van der Waals surface area contributed by atoms with Crippen molar-refractivity contribution in [2.45, 2.75) is 32.2 Å². The van der Waals surface area contributed by atoms with E-state index in [4.69, 9.17) is 0 Å². The highest BCUT2D eigenvalue weighted by Gasteiger charge is 2.37. The van der Waals surface area contributed by atoms with Gasteiger partial charge in [0.25, 0.3) is 11.5 Å². The number of hydrogen-bond donors (Lipinski definition) is 1. The lowest BCUT2D eigenvalue weighted by molar-refractivity contribution is 0.0594. The molecule has 1 N–H and O–H groups in total. The highest BCUT2D eigenvalue weighted by Crippen LogP contribution is 2.36. The SMILES string of the molecule is CCCS(=O)(=O)Nc1ccc2n(c1=O)C[C@H]1C[C@@H]2CN(C(=O)c2ccccc2)C1. The highest BCUT2D eigenvalue weighted by atomic mass is 32.2. The van der Waals surface area contributed by atoms with E-state index in [1.807, 2.05) is 41.3 Å². The van der Waals surface area contributed by atoms with Crippen LogP contribution in [0.3, 0.4) is 0 Å². The molecule has 4 rings (SSSR count). The molecule has 0 spiro atoms. The van der Waals surface area contributed by atoms with E-state index < -0.39 is 10.0 Å². The quantitative estimate of drug-likeness (QED) is 0.811. The number of nitrogens with zero attached hydrogens (tertiary/aromatic N) is 2. The number of benzene rings is 1. The Bertz CT molecular complexity index is 1080. The first-order valence-electron chi connectivity index (χ1n) is 9.96. The first-order valence-corrected chi connectivity index (χ1v) is 11.6. The fourth-order valence-corrected chi connectivity index (χ4v) is 5.57. The third-order valence-corrected chi connectivity index (χ3v) is 7.13. The van der Waals surface area contributed by atoms with Gasteiger partial charge < -0.3 is 9.47 Å². The first-order chi connectivity index (χ1) is 13.9. The summed E-state index contributed by atoms with van der Waals surface area (Å²) in [6.07, 6.45) is 1.41. The largest absolute Gasteiger partial charge is 0.338 e. The molecule has 1 aromatic carbocycles. The Morgan fingerprint density at radius 3 is 2.59 bits per heavy atom. The Balaban J connectivity index is 1.59. The number of nitrogens with one attached hydrogen (secondary N) is 1. The molecule has 2 aliphatic rings. The van der Waals surface area contributed by atoms with Gasteiger partial charge in [-0.3, -0.25) is 14.3 Å². The molecular formula is C21H25N3O4S. The van der Waals surface area contributed by atoms with Gasteiger partial charge in [0.15, 0.2) is 0 Å². The average molecular weight is 416 g/mol. The minimum atomic E-state index is -3.52. The summed E-state index contributed by atoms with van der Waals surface area (Å²) >= 11 is 0. The number of sulfonamides is 1. The molecule has 1 aromatic heterocycles. The third kappa shape index (κ3) is 3.94. The molecular weight excluding hydrogens is 390 g/mol. The molecule has 7 nitrogen and oxygen atoms in total. The van der Waals surface area contributed by atoms with Gasteiger partial charge in [-0.2, -0.15) is 0 Å². The standard InChI is InChI=1S/C21H25N3O4S/c1-2-10-29(27,28)22-18-8-9-19-17-11-15(13-24(19)21(18)26)12-23(14-17)20(25)16-6-4-3-5-7-16/h3-9,15,17,22H,2,10-14H2,1H3/t15-,17+/m0/s1. The van der Waals surface area contributed by atoms with E-state index in [2.05, 4.69) is 4.72 Å². The fourth-order valence-electron chi connectivity index (χ4n) is 4.44. The summed E-state index contributed by atoms with van der Waals surface area (Å²) in [5.41, 5.74) is 1.33. The zero-order chi connectivity index (χ0) is 20.6. The normalized spacial score (nSPS) is 20.8. The molecule has 1 amide bonds. The Morgan fingerprint density at radius 1 is 1.10 bits per heavy atom. The van der Waals surface area contributed by atoms with Crippen molar-refractivity contribution < 1.29 is 13.2 Å². The van der Waals surface area contributed by atoms with Crippen LogP contribution in [0.25, 0.3) is 0 Å². The number of amides is 1. The fraction of sp³-hybridized carbons (Fsp3) is 0.429. The number of piperidine rings is 1. The Morgan fingerprint density at radius 2 is 1.86 bits per heavy atom. The van der Waals surface area contributed by atoms with Gasteiger partial charge in [-0.15, -0.1) is 0 Å². The molecule has 0 saturated carbocycles. The van der Waals surface area contributed by atoms with Crippen LogP contribution in [0.4, 0.5) is 5.69 Å². The van der Waals surface area contributed by atoms with Crippen molar-refractivity contribution in [1.82, 2.24) is 9.47 Å². The monoisotopic (exact) mass is 415 g/mol. The Kier molecular flexibility index (Phi) is 5.21. The molecule has 2 aromatic rings. The second kappa shape index (κ2) is 7.67. The van der Waals surface area contributed by atoms with Crippen LogP contribution < -0.4 is 10.3 Å². The summed E-state index contributed by atoms with van der Waals surface area (Å²) in [5.74, 6) is 0.244. The number of carbonyl (C=O) groups excluding carboxylic acids is 1. The number of anilines is 1. The van der Waals surface area contributed by atoms with Crippen LogP contribution >= 0.6 is 0 Å². The van der Waals surface area contributed by atoms with E-state index in [0.29, 0.717) is 31.6 Å². The van der Waals surface area contributed by atoms with Crippen molar-refractivity contribution in [2.24, 2.45) is 5.92 Å². The summed E-state index contributed by atoms with van der Waals surface area (Å²) in [7, 11) is -3.52. The number of pyridine rings is 1. The molecule has 2 atom stereocenters. The first kappa shape index (κ1) is 19.7. The molecule has 8 heteroatoms. The van der Waals surface area contributed by atoms with Crippen LogP contribution in [0.2, 0.25) is 0 Å². The van der Waals surface area contributed by atoms with Gasteiger partial charge in [0.05, 0.1) is 5.75 Å². The summed E-state index contributed by atoms with van der Waals surface area (Å²) in [6.45, 7) is 3.43. The van der Waals surface area contributed by atoms with Gasteiger partial charge in [-0.1, -0.05) is 25.1 Å². The lowest BCUT2D eigenvalue weighted by Gasteiger charge is -2.43. The van der Waals surface area contributed by atoms with E-state index in [1.54, 1.807) is 17.6 Å². The van der Waals surface area contributed by atoms with Crippen LogP contribution in [0, 0.1) is 5.92 Å². The predicted octanol–water partition coefficient (Wildman–Crippen LogP) is 2.26. The lowest BCUT2D eigenvalue weighted by Crippen LogP contribution is -2.49. The molecule has 2 bridgehead atoms. The smallest absolute Gasteiger partial charge is 0.275 e. The molecule has 1 fully saturated rings. The van der Waals surface area contributed by atoms with Crippen LogP contribution in [0.5, 0.6) is 0 Å². The third-order valence-electron chi connectivity index (χ3n) is 5.65. The topological polar surface area (TPSA) is 88.5 Å². The number of hydrogen-bond acceptors (Lipinski definition) is 4. The molecule has 0 unspecified atom stereocenters. The van der Waals surface area contributed by atoms with Gasteiger partial charge in [0.1, 0.15) is 5.69 Å². The van der Waals surface area contributed by atoms with E-state index >= 15 is 0 Å². The second-order valence-corrected chi connectivity index (χ2v) is 9.73. The molecule has 0 radical (unpaired) electrons. The summed E-state index contributed by atoms with van der Waals surface area (Å²) in [4.78, 5) is 27.7. The Hall–Kier alpha value is -2.61. The zero-order valence-corrected chi connectivity index (χ0v) is 17.2. The summed E-state index contributed by atoms with van der Waals surface area (Å²) in [5, 5.41) is 0. The number of likely N-dealkylation sites (tertiary alicyclic amines) is 1. The molecule has 0 aliphatic carbocycles. The van der Waals surface area contributed by atoms with Gasteiger partial charge in [-0.25, -0.2) is 8.42 Å². The highest BCUT2D eigenvalue weighted by molar-refractivity contribution is 7.92. The van der Waals surface area contributed by atoms with Crippen LogP contribution in [-0.2, 0) is 16.6 Å². The van der Waals surface area contributed by atoms with E-state index in [0.717, 1.165) is 12.1 Å². The summed E-state index contributed by atoms with van der Waals surface area (Å²) < 4.78 is 28.2. The van der Waals surface area contributed by atoms with Crippen molar-refractivity contribution >= 4 is 21.6 Å². The van der Waals surface area contributed by atoms with Crippen molar-refractivity contribution in [3.63, 3.8) is 0 Å². The van der Waals surface area contributed by atoms with Gasteiger partial charge in [0, 0.05) is 36.8 Å². The molecule has 1 saturated heterocycles. The summed E-state index contributed by atoms with van der Waals surface area (Å²) in [6, 6.07) is 12.6. The molecule has 3 heterocycles. The number of fused-ring (bicyclic) bond motifs is 4. The second-order valence-electron chi connectivity index (χ2n) is 7.88. The minimum Gasteiger partial charge on any atom is -0.338 e. The van der Waals surface area contributed by atoms with Crippen LogP contribution in [0.1, 0.15) is 41.7 Å². The van der Waals surface area contributed by atoms with E-state index in [-0.39, 0.29) is 34.7 Å². The van der Waals surface area contributed by atoms with Crippen molar-refractivity contribution in [3.8, 4) is 0 Å². The number of rotatable bonds is 5. The molecule has 154 valence electrons. The van der Waals surface area contributed by atoms with Gasteiger partial charge >= 0.3 is 0 Å². The number of carbonyl (C=O) groups is 1. The Labute approximate surface area is 170 Å². The van der Waals surface area contributed by atoms with Crippen LogP contribution in [0.15, 0.2) is 47.3 Å². The maximum atomic E-state index is 12.9. The average Bonchev–Trinajstić information content (AvgIpc) is 2.70. The van der Waals surface area contributed by atoms with Crippen molar-refractivity contribution in [1.29, 1.82) is 0 Å². The van der Waals surface area contributed by atoms with Crippen molar-refractivity contribution in [3.05, 3.63) is 64.1 Å². The molecule has 2 aliphatic heterocycles. The van der Waals surface area contributed by atoms with Gasteiger partial charge in [-0.05, 0) is 43.0 Å². The van der Waals surface area contributed by atoms with Crippen molar-refractivity contribution in [2.75, 3.05) is 23.6 Å². The maximum absolute atomic E-state index is 12.9. The molecule has 29 heavy (non-hydrogen) atoms. The number of aromatic nitrogens is 1. The predicted molar refractivity (Wildman–Crippen MR) is 112 cm³/mol.